The van der Waals surface area contributed by atoms with Crippen LogP contribution in [0.25, 0.3) is 22.3 Å². The number of rotatable bonds is 10. The Balaban J connectivity index is 1.42. The molecular weight excluding hydrogens is 588 g/mol. The average molecular weight is 625 g/mol. The van der Waals surface area contributed by atoms with E-state index in [1.807, 2.05) is 30.3 Å². The molecule has 0 fully saturated rings. The van der Waals surface area contributed by atoms with Crippen LogP contribution < -0.4 is 19.3 Å². The molecule has 0 radical (unpaired) electrons. The normalized spacial score (nSPS) is 10.7. The summed E-state index contributed by atoms with van der Waals surface area (Å²) < 4.78 is 12.2. The molecule has 4 nitrogen and oxygen atoms in total. The summed E-state index contributed by atoms with van der Waals surface area (Å²) in [6, 6.07) is 63.1. The third-order valence-corrected chi connectivity index (χ3v) is 8.46. The van der Waals surface area contributed by atoms with Gasteiger partial charge in [-0.1, -0.05) is 121 Å². The Hall–Kier alpha value is -6.26. The molecule has 0 saturated carbocycles. The minimum Gasteiger partial charge on any atom is -0.494 e. The molecule has 0 unspecified atom stereocenters. The first-order valence-corrected chi connectivity index (χ1v) is 16.0. The van der Waals surface area contributed by atoms with Crippen LogP contribution in [0.15, 0.2) is 182 Å². The molecule has 48 heavy (non-hydrogen) atoms. The van der Waals surface area contributed by atoms with E-state index in [-0.39, 0.29) is 0 Å². The number of anilines is 6. The van der Waals surface area contributed by atoms with Crippen molar-refractivity contribution in [1.82, 2.24) is 0 Å². The number of benzene rings is 7. The zero-order valence-corrected chi connectivity index (χ0v) is 27.0. The molecule has 0 saturated heterocycles. The molecule has 7 aromatic rings. The summed E-state index contributed by atoms with van der Waals surface area (Å²) >= 11 is 0. The molecule has 234 valence electrons. The van der Waals surface area contributed by atoms with Crippen molar-refractivity contribution in [2.45, 2.75) is 0 Å². The van der Waals surface area contributed by atoms with Gasteiger partial charge in [0.15, 0.2) is 0 Å². The fraction of sp³-hybridized carbons (Fsp3) is 0.0455. The minimum atomic E-state index is 0.691. The summed E-state index contributed by atoms with van der Waals surface area (Å²) in [6.45, 7) is 0. The van der Waals surface area contributed by atoms with Crippen molar-refractivity contribution in [3.05, 3.63) is 182 Å². The number of hydrogen-bond acceptors (Lipinski definition) is 4. The van der Waals surface area contributed by atoms with E-state index in [2.05, 4.69) is 161 Å². The minimum absolute atomic E-state index is 0.691. The summed E-state index contributed by atoms with van der Waals surface area (Å²) in [5.74, 6) is 1.39. The molecule has 7 aromatic carbocycles. The molecule has 0 heterocycles. The van der Waals surface area contributed by atoms with Crippen LogP contribution >= 0.6 is 0 Å². The highest BCUT2D eigenvalue weighted by Gasteiger charge is 2.24. The van der Waals surface area contributed by atoms with E-state index >= 15 is 0 Å². The maximum absolute atomic E-state index is 6.10. The van der Waals surface area contributed by atoms with Gasteiger partial charge in [-0.2, -0.15) is 0 Å². The van der Waals surface area contributed by atoms with Gasteiger partial charge in [0.05, 0.1) is 25.6 Å². The molecular formula is C44H36N2O2. The van der Waals surface area contributed by atoms with Crippen molar-refractivity contribution in [2.75, 3.05) is 24.0 Å². The van der Waals surface area contributed by atoms with Crippen molar-refractivity contribution >= 4 is 34.1 Å². The monoisotopic (exact) mass is 624 g/mol. The summed E-state index contributed by atoms with van der Waals surface area (Å²) in [4.78, 5) is 4.47. The highest BCUT2D eigenvalue weighted by atomic mass is 16.5. The van der Waals surface area contributed by atoms with Crippen molar-refractivity contribution in [3.8, 4) is 33.8 Å². The van der Waals surface area contributed by atoms with E-state index in [4.69, 9.17) is 9.47 Å². The molecule has 7 rings (SSSR count). The van der Waals surface area contributed by atoms with Gasteiger partial charge in [0.2, 0.25) is 0 Å². The number of methoxy groups -OCH3 is 2. The predicted octanol–water partition coefficient (Wildman–Crippen LogP) is 12.0. The highest BCUT2D eigenvalue weighted by molar-refractivity contribution is 5.89. The Kier molecular flexibility index (Phi) is 8.88. The van der Waals surface area contributed by atoms with Crippen LogP contribution in [0.1, 0.15) is 0 Å². The summed E-state index contributed by atoms with van der Waals surface area (Å²) in [5.41, 5.74) is 10.5. The zero-order valence-electron chi connectivity index (χ0n) is 27.0. The zero-order chi connectivity index (χ0) is 32.7. The second-order valence-electron chi connectivity index (χ2n) is 11.4. The van der Waals surface area contributed by atoms with E-state index in [0.29, 0.717) is 11.5 Å². The van der Waals surface area contributed by atoms with E-state index in [1.54, 1.807) is 14.2 Å². The molecule has 0 aliphatic carbocycles. The molecule has 0 spiro atoms. The summed E-state index contributed by atoms with van der Waals surface area (Å²) in [6.07, 6.45) is 0. The average Bonchev–Trinajstić information content (AvgIpc) is 3.17. The van der Waals surface area contributed by atoms with Crippen molar-refractivity contribution in [3.63, 3.8) is 0 Å². The lowest BCUT2D eigenvalue weighted by atomic mass is 10.0. The first-order valence-electron chi connectivity index (χ1n) is 16.0. The van der Waals surface area contributed by atoms with Crippen LogP contribution in [-0.4, -0.2) is 14.2 Å². The lowest BCUT2D eigenvalue weighted by Gasteiger charge is -2.31. The van der Waals surface area contributed by atoms with Gasteiger partial charge < -0.3 is 19.3 Å². The smallest absolute Gasteiger partial charge is 0.146 e. The Morgan fingerprint density at radius 1 is 0.312 bits per heavy atom. The second-order valence-corrected chi connectivity index (χ2v) is 11.4. The highest BCUT2D eigenvalue weighted by Crippen LogP contribution is 2.49. The van der Waals surface area contributed by atoms with Crippen molar-refractivity contribution in [1.29, 1.82) is 0 Å². The number of hydrogen-bond donors (Lipinski definition) is 0. The molecule has 0 aliphatic rings. The van der Waals surface area contributed by atoms with Gasteiger partial charge in [-0.25, -0.2) is 0 Å². The van der Waals surface area contributed by atoms with Crippen LogP contribution in [0.2, 0.25) is 0 Å². The molecule has 0 amide bonds. The molecule has 0 aliphatic heterocycles. The third-order valence-electron chi connectivity index (χ3n) is 8.46. The van der Waals surface area contributed by atoms with Gasteiger partial charge in [-0.05, 0) is 76.9 Å². The van der Waals surface area contributed by atoms with E-state index in [9.17, 15) is 0 Å². The van der Waals surface area contributed by atoms with Crippen LogP contribution in [0.4, 0.5) is 34.1 Å². The largest absolute Gasteiger partial charge is 0.494 e. The lowest BCUT2D eigenvalue weighted by Crippen LogP contribution is -2.15. The fourth-order valence-electron chi connectivity index (χ4n) is 6.09. The number of ether oxygens (including phenoxy) is 2. The topological polar surface area (TPSA) is 24.9 Å². The standard InChI is InChI=1S/C44H36N2O2/c1-47-43-32-44(48-2)42(31-41(43)45(37-19-11-5-12-20-37)38-21-13-6-14-22-38)46(39-27-23-35(24-28-39)33-15-7-3-8-16-33)40-29-25-36(26-30-40)34-17-9-4-10-18-34/h3-32H,1-2H3. The van der Waals surface area contributed by atoms with Gasteiger partial charge in [0.1, 0.15) is 11.5 Å². The SMILES string of the molecule is COc1cc(OC)c(N(c2ccc(-c3ccccc3)cc2)c2ccc(-c3ccccc3)cc2)cc1N(c1ccccc1)c1ccccc1. The Bertz CT molecular complexity index is 1940. The summed E-state index contributed by atoms with van der Waals surface area (Å²) in [7, 11) is 3.41. The van der Waals surface area contributed by atoms with Gasteiger partial charge in [0, 0.05) is 28.8 Å². The molecule has 0 aromatic heterocycles. The van der Waals surface area contributed by atoms with Crippen LogP contribution in [0.3, 0.4) is 0 Å². The van der Waals surface area contributed by atoms with E-state index in [1.165, 1.54) is 11.1 Å². The predicted molar refractivity (Wildman–Crippen MR) is 200 cm³/mol. The number of para-hydroxylation sites is 2. The Morgan fingerprint density at radius 2 is 0.604 bits per heavy atom. The third kappa shape index (κ3) is 6.24. The maximum atomic E-state index is 6.10. The Morgan fingerprint density at radius 3 is 0.938 bits per heavy atom. The van der Waals surface area contributed by atoms with Gasteiger partial charge in [-0.15, -0.1) is 0 Å². The summed E-state index contributed by atoms with van der Waals surface area (Å²) in [5, 5.41) is 0. The van der Waals surface area contributed by atoms with Crippen LogP contribution in [-0.2, 0) is 0 Å². The lowest BCUT2D eigenvalue weighted by molar-refractivity contribution is 0.396. The van der Waals surface area contributed by atoms with Gasteiger partial charge in [0.25, 0.3) is 0 Å². The van der Waals surface area contributed by atoms with E-state index < -0.39 is 0 Å². The Labute approximate surface area is 282 Å². The molecule has 0 N–H and O–H groups in total. The van der Waals surface area contributed by atoms with Crippen LogP contribution in [0.5, 0.6) is 11.5 Å². The van der Waals surface area contributed by atoms with Crippen molar-refractivity contribution in [2.24, 2.45) is 0 Å². The molecule has 4 heteroatoms. The quantitative estimate of drug-likeness (QED) is 0.151. The van der Waals surface area contributed by atoms with Gasteiger partial charge in [-0.3, -0.25) is 0 Å². The maximum Gasteiger partial charge on any atom is 0.146 e. The van der Waals surface area contributed by atoms with Gasteiger partial charge >= 0.3 is 0 Å². The molecule has 0 atom stereocenters. The fourth-order valence-corrected chi connectivity index (χ4v) is 6.09. The first-order chi connectivity index (χ1) is 23.7. The number of nitrogens with zero attached hydrogens (tertiary/aromatic N) is 2. The van der Waals surface area contributed by atoms with Crippen LogP contribution in [0, 0.1) is 0 Å². The van der Waals surface area contributed by atoms with Crippen molar-refractivity contribution < 1.29 is 9.47 Å². The van der Waals surface area contributed by atoms with E-state index in [0.717, 1.165) is 45.3 Å². The first kappa shape index (κ1) is 30.4. The second kappa shape index (κ2) is 14.0. The molecule has 0 bridgehead atoms.